The van der Waals surface area contributed by atoms with Gasteiger partial charge in [0.15, 0.2) is 23.3 Å². The van der Waals surface area contributed by atoms with Crippen LogP contribution in [0.4, 0.5) is 42.1 Å². The summed E-state index contributed by atoms with van der Waals surface area (Å²) < 4.78 is 96.1. The van der Waals surface area contributed by atoms with Gasteiger partial charge in [0, 0.05) is 15.6 Å². The van der Waals surface area contributed by atoms with Gasteiger partial charge in [0.05, 0.1) is 10.6 Å². The lowest BCUT2D eigenvalue weighted by Crippen LogP contribution is -2.23. The van der Waals surface area contributed by atoms with Crippen LogP contribution in [0.2, 0.25) is 10.0 Å². The van der Waals surface area contributed by atoms with Crippen molar-refractivity contribution in [3.05, 3.63) is 123 Å². The monoisotopic (exact) mass is 646 g/mol. The number of hydrogen-bond donors (Lipinski definition) is 2. The van der Waals surface area contributed by atoms with Gasteiger partial charge in [0.2, 0.25) is 5.91 Å². The van der Waals surface area contributed by atoms with Crippen molar-refractivity contribution in [3.8, 4) is 0 Å². The number of benzene rings is 4. The smallest absolute Gasteiger partial charge is 0.322 e. The number of carbonyl (C=O) groups is 2. The van der Waals surface area contributed by atoms with Crippen LogP contribution in [-0.2, 0) is 11.0 Å². The van der Waals surface area contributed by atoms with Crippen LogP contribution in [0.3, 0.4) is 0 Å². The molecule has 0 aliphatic heterocycles. The van der Waals surface area contributed by atoms with E-state index in [4.69, 9.17) is 23.2 Å². The van der Waals surface area contributed by atoms with E-state index < -0.39 is 57.8 Å². The van der Waals surface area contributed by atoms with Crippen LogP contribution in [0, 0.1) is 23.3 Å². The summed E-state index contributed by atoms with van der Waals surface area (Å²) in [6, 6.07) is 18.0. The van der Waals surface area contributed by atoms with Crippen molar-refractivity contribution in [2.45, 2.75) is 16.3 Å². The summed E-state index contributed by atoms with van der Waals surface area (Å²) in [6.07, 6.45) is -5.74. The molecule has 0 aromatic heterocycles. The molecule has 4 aromatic rings. The second kappa shape index (κ2) is 12.6. The molecule has 0 saturated carbocycles. The molecule has 0 aliphatic carbocycles. The Kier molecular flexibility index (Phi) is 9.39. The molecule has 14 heteroatoms. The topological polar surface area (TPSA) is 58.2 Å². The van der Waals surface area contributed by atoms with Gasteiger partial charge in [-0.25, -0.2) is 17.6 Å². The van der Waals surface area contributed by atoms with Crippen LogP contribution < -0.4 is 10.6 Å². The summed E-state index contributed by atoms with van der Waals surface area (Å²) in [5, 5.41) is 3.41. The maximum Gasteiger partial charge on any atom is 0.422 e. The van der Waals surface area contributed by atoms with Crippen molar-refractivity contribution in [1.82, 2.24) is 0 Å². The van der Waals surface area contributed by atoms with Gasteiger partial charge < -0.3 is 10.6 Å². The van der Waals surface area contributed by atoms with Crippen LogP contribution in [0.1, 0.15) is 26.7 Å². The number of alkyl halides is 3. The minimum atomic E-state index is -5.74. The van der Waals surface area contributed by atoms with E-state index in [-0.39, 0.29) is 21.8 Å². The minimum Gasteiger partial charge on any atom is -0.322 e. The molecule has 218 valence electrons. The molecule has 2 amide bonds. The number of carbonyl (C=O) groups excluding carboxylic acids is 2. The van der Waals surface area contributed by atoms with Crippen LogP contribution in [0.25, 0.3) is 0 Å². The van der Waals surface area contributed by atoms with Crippen LogP contribution in [-0.4, -0.2) is 11.8 Å². The minimum absolute atomic E-state index is 0.0990. The molecular formula is C28H15Cl2F7N2O2S. The van der Waals surface area contributed by atoms with Crippen molar-refractivity contribution in [2.75, 3.05) is 10.6 Å². The molecule has 0 fully saturated rings. The summed E-state index contributed by atoms with van der Waals surface area (Å²) >= 11 is 12.8. The molecule has 0 saturated heterocycles. The molecule has 0 spiro atoms. The highest BCUT2D eigenvalue weighted by Gasteiger charge is 2.42. The van der Waals surface area contributed by atoms with Crippen molar-refractivity contribution in [2.24, 2.45) is 0 Å². The van der Waals surface area contributed by atoms with Gasteiger partial charge in [-0.15, -0.1) is 11.8 Å². The van der Waals surface area contributed by atoms with Gasteiger partial charge in [-0.05, 0) is 42.0 Å². The molecule has 0 aliphatic rings. The zero-order valence-corrected chi connectivity index (χ0v) is 23.0. The first kappa shape index (κ1) is 31.2. The number of rotatable bonds is 7. The number of anilines is 2. The SMILES string of the molecule is O=C(Nc1cccc(SC(C(=O)Nc2c(F)c(F)c(C(F)(F)F)c(F)c2F)c2ccccc2)c1)c1ccc(Cl)cc1Cl. The van der Waals surface area contributed by atoms with Gasteiger partial charge in [-0.1, -0.05) is 59.6 Å². The lowest BCUT2D eigenvalue weighted by molar-refractivity contribution is -0.143. The Bertz CT molecular complexity index is 1640. The van der Waals surface area contributed by atoms with Crippen LogP contribution in [0.15, 0.2) is 77.7 Å². The van der Waals surface area contributed by atoms with Crippen molar-refractivity contribution in [1.29, 1.82) is 0 Å². The third-order valence-electron chi connectivity index (χ3n) is 5.66. The van der Waals surface area contributed by atoms with E-state index in [0.717, 1.165) is 11.8 Å². The molecule has 1 unspecified atom stereocenters. The van der Waals surface area contributed by atoms with E-state index in [2.05, 4.69) is 5.32 Å². The first-order chi connectivity index (χ1) is 19.8. The fraction of sp³-hybridized carbons (Fsp3) is 0.0714. The third kappa shape index (κ3) is 6.83. The Morgan fingerprint density at radius 1 is 0.762 bits per heavy atom. The molecule has 0 heterocycles. The Balaban J connectivity index is 1.63. The normalized spacial score (nSPS) is 12.1. The standard InChI is InChI=1S/C28H15Cl2F7N2O2S/c29-14-9-10-17(18(30)11-14)26(40)38-15-7-4-8-16(12-15)42-25(13-5-2-1-3-6-13)27(41)39-24-22(33)20(31)19(28(35,36)37)21(32)23(24)34/h1-12,25H,(H,38,40)(H,39,41). The lowest BCUT2D eigenvalue weighted by Gasteiger charge is -2.19. The molecule has 0 bridgehead atoms. The fourth-order valence-electron chi connectivity index (χ4n) is 3.74. The number of halogens is 9. The molecule has 0 radical (unpaired) electrons. The first-order valence-electron chi connectivity index (χ1n) is 11.6. The number of thioether (sulfide) groups is 1. The highest BCUT2D eigenvalue weighted by Crippen LogP contribution is 2.41. The summed E-state index contributed by atoms with van der Waals surface area (Å²) in [5.41, 5.74) is -3.81. The molecular weight excluding hydrogens is 632 g/mol. The second-order valence-electron chi connectivity index (χ2n) is 8.51. The zero-order chi connectivity index (χ0) is 30.8. The number of amides is 2. The Morgan fingerprint density at radius 3 is 2.00 bits per heavy atom. The quantitative estimate of drug-likeness (QED) is 0.120. The number of hydrogen-bond acceptors (Lipinski definition) is 3. The van der Waals surface area contributed by atoms with Gasteiger partial charge in [0.25, 0.3) is 5.91 Å². The average Bonchev–Trinajstić information content (AvgIpc) is 2.93. The summed E-state index contributed by atoms with van der Waals surface area (Å²) in [7, 11) is 0. The van der Waals surface area contributed by atoms with E-state index in [1.165, 1.54) is 54.6 Å². The van der Waals surface area contributed by atoms with Crippen molar-refractivity contribution in [3.63, 3.8) is 0 Å². The highest BCUT2D eigenvalue weighted by molar-refractivity contribution is 8.00. The lowest BCUT2D eigenvalue weighted by atomic mass is 10.1. The van der Waals surface area contributed by atoms with Crippen molar-refractivity contribution < 1.29 is 40.3 Å². The highest BCUT2D eigenvalue weighted by atomic mass is 35.5. The van der Waals surface area contributed by atoms with Gasteiger partial charge in [-0.3, -0.25) is 9.59 Å². The van der Waals surface area contributed by atoms with E-state index >= 15 is 0 Å². The molecule has 42 heavy (non-hydrogen) atoms. The predicted octanol–water partition coefficient (Wildman–Crippen LogP) is 9.29. The maximum atomic E-state index is 14.5. The molecule has 4 rings (SSSR count). The Hall–Kier alpha value is -3.74. The van der Waals surface area contributed by atoms with E-state index in [1.807, 2.05) is 0 Å². The van der Waals surface area contributed by atoms with Crippen LogP contribution >= 0.6 is 35.0 Å². The number of nitrogens with one attached hydrogen (secondary N) is 2. The van der Waals surface area contributed by atoms with E-state index in [9.17, 15) is 40.3 Å². The van der Waals surface area contributed by atoms with Gasteiger partial charge >= 0.3 is 6.18 Å². The third-order valence-corrected chi connectivity index (χ3v) is 7.45. The van der Waals surface area contributed by atoms with Gasteiger partial charge in [-0.2, -0.15) is 13.2 Å². The predicted molar refractivity (Wildman–Crippen MR) is 146 cm³/mol. The van der Waals surface area contributed by atoms with Crippen LogP contribution in [0.5, 0.6) is 0 Å². The second-order valence-corrected chi connectivity index (χ2v) is 10.5. The summed E-state index contributed by atoms with van der Waals surface area (Å²) in [4.78, 5) is 26.3. The average molecular weight is 647 g/mol. The van der Waals surface area contributed by atoms with Crippen molar-refractivity contribution >= 4 is 58.2 Å². The van der Waals surface area contributed by atoms with E-state index in [1.54, 1.807) is 23.5 Å². The maximum absolute atomic E-state index is 14.5. The Morgan fingerprint density at radius 2 is 1.40 bits per heavy atom. The Labute approximate surface area is 247 Å². The summed E-state index contributed by atoms with van der Waals surface area (Å²) in [5.74, 6) is -12.0. The van der Waals surface area contributed by atoms with E-state index in [0.29, 0.717) is 9.92 Å². The molecule has 1 atom stereocenters. The molecule has 4 nitrogen and oxygen atoms in total. The first-order valence-corrected chi connectivity index (χ1v) is 13.2. The molecule has 2 N–H and O–H groups in total. The summed E-state index contributed by atoms with van der Waals surface area (Å²) in [6.45, 7) is 0. The largest absolute Gasteiger partial charge is 0.422 e. The molecule has 4 aromatic carbocycles. The van der Waals surface area contributed by atoms with Gasteiger partial charge in [0.1, 0.15) is 16.5 Å². The zero-order valence-electron chi connectivity index (χ0n) is 20.6. The fourth-order valence-corrected chi connectivity index (χ4v) is 5.31.